The number of carbonyl (C=O) groups excluding carboxylic acids is 2. The van der Waals surface area contributed by atoms with Crippen molar-refractivity contribution in [3.63, 3.8) is 0 Å². The van der Waals surface area contributed by atoms with Gasteiger partial charge in [-0.1, -0.05) is 12.8 Å². The first kappa shape index (κ1) is 26.8. The van der Waals surface area contributed by atoms with Crippen molar-refractivity contribution in [2.45, 2.75) is 57.4 Å². The van der Waals surface area contributed by atoms with Gasteiger partial charge in [-0.3, -0.25) is 9.59 Å². The van der Waals surface area contributed by atoms with Crippen LogP contribution < -0.4 is 5.32 Å². The van der Waals surface area contributed by atoms with Gasteiger partial charge in [0.15, 0.2) is 5.69 Å². The van der Waals surface area contributed by atoms with Gasteiger partial charge in [0.05, 0.1) is 17.9 Å². The molecule has 0 unspecified atom stereocenters. The lowest BCUT2D eigenvalue weighted by molar-refractivity contribution is -0.124. The topological polar surface area (TPSA) is 128 Å². The lowest BCUT2D eigenvalue weighted by Gasteiger charge is -2.30. The molecule has 2 aromatic heterocycles. The number of halogens is 1. The Bertz CT molecular complexity index is 1340. The van der Waals surface area contributed by atoms with E-state index in [1.807, 2.05) is 0 Å². The molecule has 204 valence electrons. The number of Topliss-reactive ketones (excluding diaryl/α,β-unsaturated/α-hetero) is 1. The number of nitrogens with one attached hydrogen (secondary N) is 2. The predicted octanol–water partition coefficient (Wildman–Crippen LogP) is 4.80. The van der Waals surface area contributed by atoms with Crippen LogP contribution in [0.1, 0.15) is 79.5 Å². The number of likely N-dealkylation sites (tertiary alicyclic amines) is 1. The largest absolute Gasteiger partial charge is 0.442 e. The molecular formula is C29H33FN6O3. The number of unbranched alkanes of at least 4 members (excludes halogenated alkanes) is 2. The Hall–Kier alpha value is -3.84. The molecule has 2 fully saturated rings. The SMILES string of the molecule is CN1CCC2(CC1)C[C@@H]2C(=O)N[C@@H](CCCCCC(=O)c1ncco1)c1[nH]c(-c2ccc(F)cc2)nc1C#N. The van der Waals surface area contributed by atoms with E-state index in [4.69, 9.17) is 4.42 Å². The molecule has 1 amide bonds. The number of oxazole rings is 1. The number of imidazole rings is 1. The minimum atomic E-state index is -0.430. The highest BCUT2D eigenvalue weighted by Crippen LogP contribution is 2.59. The van der Waals surface area contributed by atoms with E-state index >= 15 is 0 Å². The Labute approximate surface area is 226 Å². The number of rotatable bonds is 11. The minimum Gasteiger partial charge on any atom is -0.442 e. The fourth-order valence-corrected chi connectivity index (χ4v) is 5.64. The molecular weight excluding hydrogens is 499 g/mol. The third kappa shape index (κ3) is 6.09. The predicted molar refractivity (Wildman–Crippen MR) is 141 cm³/mol. The van der Waals surface area contributed by atoms with Gasteiger partial charge in [-0.15, -0.1) is 0 Å². The average Bonchev–Trinajstić information content (AvgIpc) is 3.28. The van der Waals surface area contributed by atoms with Crippen molar-refractivity contribution in [3.8, 4) is 17.5 Å². The molecule has 1 aliphatic heterocycles. The van der Waals surface area contributed by atoms with E-state index < -0.39 is 6.04 Å². The number of nitriles is 1. The van der Waals surface area contributed by atoms with E-state index in [0.717, 1.165) is 45.2 Å². The first-order valence-electron chi connectivity index (χ1n) is 13.6. The van der Waals surface area contributed by atoms with Crippen LogP contribution in [0.3, 0.4) is 0 Å². The summed E-state index contributed by atoms with van der Waals surface area (Å²) in [5, 5.41) is 13.1. The third-order valence-corrected chi connectivity index (χ3v) is 8.18. The number of H-pyrrole nitrogens is 1. The number of aromatic amines is 1. The van der Waals surface area contributed by atoms with Gasteiger partial charge in [0, 0.05) is 17.9 Å². The number of ketones is 1. The highest BCUT2D eigenvalue weighted by Gasteiger charge is 2.58. The zero-order chi connectivity index (χ0) is 27.4. The molecule has 2 atom stereocenters. The lowest BCUT2D eigenvalue weighted by Crippen LogP contribution is -2.36. The number of aromatic nitrogens is 3. The van der Waals surface area contributed by atoms with Crippen molar-refractivity contribution in [3.05, 3.63) is 59.8 Å². The van der Waals surface area contributed by atoms with E-state index in [0.29, 0.717) is 36.3 Å². The molecule has 3 aromatic rings. The van der Waals surface area contributed by atoms with Crippen LogP contribution in [0.25, 0.3) is 11.4 Å². The van der Waals surface area contributed by atoms with Crippen molar-refractivity contribution in [1.82, 2.24) is 25.2 Å². The van der Waals surface area contributed by atoms with Gasteiger partial charge >= 0.3 is 0 Å². The van der Waals surface area contributed by atoms with E-state index in [9.17, 15) is 19.2 Å². The first-order valence-corrected chi connectivity index (χ1v) is 13.6. The summed E-state index contributed by atoms with van der Waals surface area (Å²) in [5.41, 5.74) is 1.51. The molecule has 1 saturated carbocycles. The molecule has 0 bridgehead atoms. The van der Waals surface area contributed by atoms with Gasteiger partial charge in [-0.25, -0.2) is 14.4 Å². The summed E-state index contributed by atoms with van der Waals surface area (Å²) < 4.78 is 18.5. The number of nitrogens with zero attached hydrogens (tertiary/aromatic N) is 4. The molecule has 5 rings (SSSR count). The standard InChI is InChI=1S/C29H33FN6O3/c1-36-14-11-29(12-15-36)17-21(29)27(38)34-22(5-3-2-4-6-24(37)28-32-13-16-39-28)25-23(18-31)33-26(35-25)19-7-9-20(30)10-8-19/h7-10,13,16,21-22H,2-6,11-12,14-15,17H2,1H3,(H,33,35)(H,34,38)/t21-,22+/m1/s1. The number of piperidine rings is 1. The maximum Gasteiger partial charge on any atom is 0.263 e. The van der Waals surface area contributed by atoms with Gasteiger partial charge in [0.1, 0.15) is 24.0 Å². The first-order chi connectivity index (χ1) is 18.9. The van der Waals surface area contributed by atoms with Gasteiger partial charge in [0.25, 0.3) is 5.89 Å². The zero-order valence-electron chi connectivity index (χ0n) is 22.1. The van der Waals surface area contributed by atoms with Crippen molar-refractivity contribution in [2.75, 3.05) is 20.1 Å². The number of carbonyl (C=O) groups is 2. The van der Waals surface area contributed by atoms with Crippen LogP contribution >= 0.6 is 0 Å². The molecule has 10 heteroatoms. The summed E-state index contributed by atoms with van der Waals surface area (Å²) in [6.07, 6.45) is 8.85. The number of hydrogen-bond donors (Lipinski definition) is 2. The normalized spacial score (nSPS) is 18.9. The molecule has 1 aromatic carbocycles. The quantitative estimate of drug-likeness (QED) is 0.268. The minimum absolute atomic E-state index is 0.0165. The Morgan fingerprint density at radius 2 is 2.03 bits per heavy atom. The second-order valence-corrected chi connectivity index (χ2v) is 10.8. The molecule has 39 heavy (non-hydrogen) atoms. The summed E-state index contributed by atoms with van der Waals surface area (Å²) in [6, 6.07) is 7.62. The fourth-order valence-electron chi connectivity index (χ4n) is 5.64. The Morgan fingerprint density at radius 1 is 1.26 bits per heavy atom. The molecule has 1 spiro atoms. The Morgan fingerprint density at radius 3 is 2.72 bits per heavy atom. The monoisotopic (exact) mass is 532 g/mol. The smallest absolute Gasteiger partial charge is 0.263 e. The summed E-state index contributed by atoms with van der Waals surface area (Å²) in [4.78, 5) is 39.5. The molecule has 0 radical (unpaired) electrons. The molecule has 9 nitrogen and oxygen atoms in total. The van der Waals surface area contributed by atoms with E-state index in [1.54, 1.807) is 12.1 Å². The van der Waals surface area contributed by atoms with Crippen LogP contribution in [0.15, 0.2) is 41.1 Å². The Balaban J connectivity index is 1.27. The van der Waals surface area contributed by atoms with E-state index in [-0.39, 0.29) is 40.4 Å². The second kappa shape index (κ2) is 11.5. The summed E-state index contributed by atoms with van der Waals surface area (Å²) in [7, 11) is 2.11. The van der Waals surface area contributed by atoms with Crippen LogP contribution in [-0.4, -0.2) is 51.7 Å². The maximum atomic E-state index is 13.4. The van der Waals surface area contributed by atoms with Gasteiger partial charge in [-0.05, 0) is 81.9 Å². The van der Waals surface area contributed by atoms with Crippen molar-refractivity contribution < 1.29 is 18.4 Å². The molecule has 2 N–H and O–H groups in total. The van der Waals surface area contributed by atoms with Crippen LogP contribution in [0.5, 0.6) is 0 Å². The average molecular weight is 533 g/mol. The number of amides is 1. The van der Waals surface area contributed by atoms with Gasteiger partial charge in [-0.2, -0.15) is 5.26 Å². The van der Waals surface area contributed by atoms with E-state index in [1.165, 1.54) is 24.6 Å². The molecule has 1 saturated heterocycles. The summed E-state index contributed by atoms with van der Waals surface area (Å²) >= 11 is 0. The van der Waals surface area contributed by atoms with Crippen LogP contribution in [-0.2, 0) is 4.79 Å². The molecule has 3 heterocycles. The molecule has 1 aliphatic carbocycles. The second-order valence-electron chi connectivity index (χ2n) is 10.8. The Kier molecular flexibility index (Phi) is 7.89. The van der Waals surface area contributed by atoms with Gasteiger partial charge in [0.2, 0.25) is 11.7 Å². The third-order valence-electron chi connectivity index (χ3n) is 8.18. The zero-order valence-corrected chi connectivity index (χ0v) is 22.1. The highest BCUT2D eigenvalue weighted by molar-refractivity contribution is 5.91. The van der Waals surface area contributed by atoms with E-state index in [2.05, 4.69) is 38.3 Å². The lowest BCUT2D eigenvalue weighted by atomic mass is 9.90. The highest BCUT2D eigenvalue weighted by atomic mass is 19.1. The van der Waals surface area contributed by atoms with Gasteiger partial charge < -0.3 is 19.6 Å². The number of benzene rings is 1. The van der Waals surface area contributed by atoms with Crippen LogP contribution in [0.4, 0.5) is 4.39 Å². The summed E-state index contributed by atoms with van der Waals surface area (Å²) in [5.74, 6) is 0.0889. The van der Waals surface area contributed by atoms with Crippen molar-refractivity contribution >= 4 is 11.7 Å². The summed E-state index contributed by atoms with van der Waals surface area (Å²) in [6.45, 7) is 2.00. The fraction of sp³-hybridized carbons (Fsp3) is 0.483. The molecule has 2 aliphatic rings. The van der Waals surface area contributed by atoms with Crippen LogP contribution in [0, 0.1) is 28.5 Å². The van der Waals surface area contributed by atoms with Crippen LogP contribution in [0.2, 0.25) is 0 Å². The maximum absolute atomic E-state index is 13.4. The van der Waals surface area contributed by atoms with Crippen molar-refractivity contribution in [2.24, 2.45) is 11.3 Å². The number of hydrogen-bond acceptors (Lipinski definition) is 7. The van der Waals surface area contributed by atoms with Crippen molar-refractivity contribution in [1.29, 1.82) is 5.26 Å².